The van der Waals surface area contributed by atoms with Crippen molar-refractivity contribution in [2.24, 2.45) is 0 Å². The maximum atomic E-state index is 11.7. The van der Waals surface area contributed by atoms with Gasteiger partial charge in [0.15, 0.2) is 0 Å². The number of rotatable bonds is 1. The number of carbonyl (C=O) groups is 1. The van der Waals surface area contributed by atoms with Crippen LogP contribution in [0.5, 0.6) is 0 Å². The molecule has 1 N–H and O–H groups in total. The summed E-state index contributed by atoms with van der Waals surface area (Å²) >= 11 is 3.37. The summed E-state index contributed by atoms with van der Waals surface area (Å²) in [5, 5.41) is 3.65. The molecule has 1 amide bonds. The SMILES string of the molecule is CC(C)(C)OC(=O)Nc1ccc2ncc(Br)cc2c1. The monoisotopic (exact) mass is 322 g/mol. The number of pyridine rings is 1. The van der Waals surface area contributed by atoms with Crippen molar-refractivity contribution < 1.29 is 9.53 Å². The second-order valence-corrected chi connectivity index (χ2v) is 6.10. The van der Waals surface area contributed by atoms with Gasteiger partial charge in [0, 0.05) is 21.7 Å². The van der Waals surface area contributed by atoms with E-state index in [0.29, 0.717) is 5.69 Å². The number of anilines is 1. The maximum Gasteiger partial charge on any atom is 0.412 e. The van der Waals surface area contributed by atoms with Gasteiger partial charge in [0.25, 0.3) is 0 Å². The predicted octanol–water partition coefficient (Wildman–Crippen LogP) is 4.34. The van der Waals surface area contributed by atoms with Gasteiger partial charge in [-0.05, 0) is 61.0 Å². The van der Waals surface area contributed by atoms with Crippen LogP contribution in [0.2, 0.25) is 0 Å². The normalized spacial score (nSPS) is 11.4. The van der Waals surface area contributed by atoms with Crippen molar-refractivity contribution in [1.82, 2.24) is 4.98 Å². The highest BCUT2D eigenvalue weighted by molar-refractivity contribution is 9.10. The Morgan fingerprint density at radius 2 is 2.05 bits per heavy atom. The van der Waals surface area contributed by atoms with E-state index in [-0.39, 0.29) is 0 Å². The van der Waals surface area contributed by atoms with E-state index in [9.17, 15) is 4.79 Å². The van der Waals surface area contributed by atoms with Crippen molar-refractivity contribution >= 4 is 38.6 Å². The lowest BCUT2D eigenvalue weighted by Gasteiger charge is -2.19. The Morgan fingerprint density at radius 1 is 1.32 bits per heavy atom. The Morgan fingerprint density at radius 3 is 2.74 bits per heavy atom. The van der Waals surface area contributed by atoms with E-state index in [1.807, 2.05) is 39.0 Å². The average Bonchev–Trinajstić information content (AvgIpc) is 2.25. The molecular weight excluding hydrogens is 308 g/mol. The van der Waals surface area contributed by atoms with Crippen LogP contribution < -0.4 is 5.32 Å². The minimum atomic E-state index is -0.508. The van der Waals surface area contributed by atoms with Gasteiger partial charge >= 0.3 is 6.09 Å². The van der Waals surface area contributed by atoms with E-state index in [4.69, 9.17) is 4.74 Å². The number of fused-ring (bicyclic) bond motifs is 1. The molecule has 0 aliphatic heterocycles. The number of hydrogen-bond donors (Lipinski definition) is 1. The minimum absolute atomic E-state index is 0.463. The van der Waals surface area contributed by atoms with Crippen LogP contribution in [0, 0.1) is 0 Å². The second kappa shape index (κ2) is 5.17. The first-order valence-electron chi connectivity index (χ1n) is 5.89. The van der Waals surface area contributed by atoms with Gasteiger partial charge in [-0.15, -0.1) is 0 Å². The van der Waals surface area contributed by atoms with Gasteiger partial charge < -0.3 is 4.74 Å². The average molecular weight is 323 g/mol. The van der Waals surface area contributed by atoms with Crippen LogP contribution in [0.1, 0.15) is 20.8 Å². The molecule has 19 heavy (non-hydrogen) atoms. The maximum absolute atomic E-state index is 11.7. The number of aromatic nitrogens is 1. The topological polar surface area (TPSA) is 51.2 Å². The Labute approximate surface area is 120 Å². The van der Waals surface area contributed by atoms with Crippen molar-refractivity contribution in [3.05, 3.63) is 34.9 Å². The van der Waals surface area contributed by atoms with Crippen LogP contribution >= 0.6 is 15.9 Å². The Hall–Kier alpha value is -1.62. The van der Waals surface area contributed by atoms with Crippen LogP contribution in [-0.4, -0.2) is 16.7 Å². The summed E-state index contributed by atoms with van der Waals surface area (Å²) in [5.41, 5.74) is 1.05. The van der Waals surface area contributed by atoms with Gasteiger partial charge in [-0.2, -0.15) is 0 Å². The lowest BCUT2D eigenvalue weighted by molar-refractivity contribution is 0.0636. The quantitative estimate of drug-likeness (QED) is 0.849. The molecule has 2 rings (SSSR count). The van der Waals surface area contributed by atoms with Crippen molar-refractivity contribution in [3.63, 3.8) is 0 Å². The molecule has 0 saturated carbocycles. The fourth-order valence-electron chi connectivity index (χ4n) is 1.60. The summed E-state index contributed by atoms with van der Waals surface area (Å²) in [4.78, 5) is 15.9. The molecule has 0 saturated heterocycles. The third-order valence-corrected chi connectivity index (χ3v) is 2.73. The van der Waals surface area contributed by atoms with Gasteiger partial charge in [0.2, 0.25) is 0 Å². The van der Waals surface area contributed by atoms with Gasteiger partial charge in [0.05, 0.1) is 5.52 Å². The number of nitrogens with zero attached hydrogens (tertiary/aromatic N) is 1. The van der Waals surface area contributed by atoms with Gasteiger partial charge in [-0.1, -0.05) is 0 Å². The molecule has 0 spiro atoms. The van der Waals surface area contributed by atoms with Crippen molar-refractivity contribution in [1.29, 1.82) is 0 Å². The van der Waals surface area contributed by atoms with E-state index < -0.39 is 11.7 Å². The summed E-state index contributed by atoms with van der Waals surface area (Å²) in [6.45, 7) is 5.48. The number of hydrogen-bond acceptors (Lipinski definition) is 3. The molecule has 1 aromatic carbocycles. The highest BCUT2D eigenvalue weighted by Crippen LogP contribution is 2.21. The molecule has 0 aliphatic rings. The molecule has 1 heterocycles. The van der Waals surface area contributed by atoms with Crippen molar-refractivity contribution in [3.8, 4) is 0 Å². The van der Waals surface area contributed by atoms with E-state index in [2.05, 4.69) is 26.2 Å². The third kappa shape index (κ3) is 3.92. The minimum Gasteiger partial charge on any atom is -0.444 e. The zero-order chi connectivity index (χ0) is 14.0. The van der Waals surface area contributed by atoms with Gasteiger partial charge in [-0.3, -0.25) is 10.3 Å². The number of nitrogens with one attached hydrogen (secondary N) is 1. The van der Waals surface area contributed by atoms with E-state index in [1.54, 1.807) is 12.3 Å². The summed E-state index contributed by atoms with van der Waals surface area (Å²) < 4.78 is 6.10. The van der Waals surface area contributed by atoms with Crippen LogP contribution in [0.3, 0.4) is 0 Å². The fraction of sp³-hybridized carbons (Fsp3) is 0.286. The van der Waals surface area contributed by atoms with Gasteiger partial charge in [0.1, 0.15) is 5.60 Å². The fourth-order valence-corrected chi connectivity index (χ4v) is 1.95. The van der Waals surface area contributed by atoms with Crippen LogP contribution in [0.4, 0.5) is 10.5 Å². The Kier molecular flexibility index (Phi) is 3.75. The first kappa shape index (κ1) is 13.8. The molecule has 0 unspecified atom stereocenters. The molecular formula is C14H15BrN2O2. The summed E-state index contributed by atoms with van der Waals surface area (Å²) in [5.74, 6) is 0. The van der Waals surface area contributed by atoms with E-state index in [0.717, 1.165) is 15.4 Å². The van der Waals surface area contributed by atoms with Gasteiger partial charge in [-0.25, -0.2) is 4.79 Å². The number of ether oxygens (including phenoxy) is 1. The van der Waals surface area contributed by atoms with E-state index >= 15 is 0 Å². The highest BCUT2D eigenvalue weighted by atomic mass is 79.9. The molecule has 0 bridgehead atoms. The van der Waals surface area contributed by atoms with Crippen molar-refractivity contribution in [2.75, 3.05) is 5.32 Å². The van der Waals surface area contributed by atoms with Crippen LogP contribution in [0.25, 0.3) is 10.9 Å². The van der Waals surface area contributed by atoms with Crippen molar-refractivity contribution in [2.45, 2.75) is 26.4 Å². The highest BCUT2D eigenvalue weighted by Gasteiger charge is 2.16. The Balaban J connectivity index is 2.19. The number of benzene rings is 1. The molecule has 0 radical (unpaired) electrons. The first-order valence-corrected chi connectivity index (χ1v) is 6.68. The molecule has 1 aromatic heterocycles. The molecule has 100 valence electrons. The Bertz CT molecular complexity index is 620. The smallest absolute Gasteiger partial charge is 0.412 e. The summed E-state index contributed by atoms with van der Waals surface area (Å²) in [6, 6.07) is 7.46. The van der Waals surface area contributed by atoms with Crippen LogP contribution in [0.15, 0.2) is 34.9 Å². The molecule has 0 fully saturated rings. The molecule has 4 nitrogen and oxygen atoms in total. The third-order valence-electron chi connectivity index (χ3n) is 2.29. The zero-order valence-electron chi connectivity index (χ0n) is 11.0. The zero-order valence-corrected chi connectivity index (χ0v) is 12.6. The molecule has 0 atom stereocenters. The lowest BCUT2D eigenvalue weighted by Crippen LogP contribution is -2.27. The van der Waals surface area contributed by atoms with Crippen LogP contribution in [-0.2, 0) is 4.74 Å². The lowest BCUT2D eigenvalue weighted by atomic mass is 10.2. The summed E-state index contributed by atoms with van der Waals surface area (Å²) in [6.07, 6.45) is 1.28. The molecule has 2 aromatic rings. The first-order chi connectivity index (χ1) is 8.83. The van der Waals surface area contributed by atoms with E-state index in [1.165, 1.54) is 0 Å². The second-order valence-electron chi connectivity index (χ2n) is 5.19. The summed E-state index contributed by atoms with van der Waals surface area (Å²) in [7, 11) is 0. The molecule has 5 heteroatoms. The standard InChI is InChI=1S/C14H15BrN2O2/c1-14(2,3)19-13(18)17-11-4-5-12-9(7-11)6-10(15)8-16-12/h4-8H,1-3H3,(H,17,18). The number of halogens is 1. The molecule has 0 aliphatic carbocycles. The largest absolute Gasteiger partial charge is 0.444 e. The number of carbonyl (C=O) groups excluding carboxylic acids is 1. The number of amides is 1. The predicted molar refractivity (Wildman–Crippen MR) is 79.3 cm³/mol.